The molecule has 0 aliphatic carbocycles. The molecule has 1 rings (SSSR count). The first-order chi connectivity index (χ1) is 5.83. The Morgan fingerprint density at radius 3 is 2.67 bits per heavy atom. The number of hydrogen-bond acceptors (Lipinski definition) is 2. The van der Waals surface area contributed by atoms with Gasteiger partial charge in [-0.1, -0.05) is 6.07 Å². The number of carbonyl (C=O) groups excluding carboxylic acids is 1. The number of esters is 1. The third-order valence-electron chi connectivity index (χ3n) is 1.53. The molecule has 2 heteroatoms. The summed E-state index contributed by atoms with van der Waals surface area (Å²) in [6.07, 6.45) is 2.17. The number of methoxy groups -OCH3 is 1. The normalized spacial score (nSPS) is 9.08. The second kappa shape index (κ2) is 4.44. The molecule has 64 valence electrons. The number of ether oxygens (including phenoxy) is 1. The van der Waals surface area contributed by atoms with E-state index >= 15 is 0 Å². The minimum atomic E-state index is -0.209. The van der Waals surface area contributed by atoms with E-state index < -0.39 is 0 Å². The van der Waals surface area contributed by atoms with Gasteiger partial charge in [-0.3, -0.25) is 4.79 Å². The van der Waals surface area contributed by atoms with Crippen LogP contribution in [0, 0.1) is 6.42 Å². The minimum Gasteiger partial charge on any atom is -0.470 e. The second-order valence-corrected chi connectivity index (χ2v) is 2.40. The molecule has 0 radical (unpaired) electrons. The van der Waals surface area contributed by atoms with Crippen molar-refractivity contribution >= 4 is 5.97 Å². The molecule has 0 atom stereocenters. The van der Waals surface area contributed by atoms with Crippen molar-refractivity contribution in [2.75, 3.05) is 7.11 Å². The molecule has 0 saturated heterocycles. The molecule has 0 amide bonds. The summed E-state index contributed by atoms with van der Waals surface area (Å²) in [7, 11) is 1.39. The molecular weight excluding hydrogens is 152 g/mol. The van der Waals surface area contributed by atoms with Gasteiger partial charge in [0, 0.05) is 6.42 Å². The summed E-state index contributed by atoms with van der Waals surface area (Å²) in [6, 6.07) is 9.70. The van der Waals surface area contributed by atoms with Gasteiger partial charge in [-0.25, -0.2) is 0 Å². The van der Waals surface area contributed by atoms with E-state index in [0.29, 0.717) is 6.42 Å². The standard InChI is InChI=1S/C10H11O2/c1-12-10(11)8-7-9-5-3-2-4-6-9/h2-7H,8H2,1H3/q-1. The van der Waals surface area contributed by atoms with E-state index in [9.17, 15) is 4.79 Å². The lowest BCUT2D eigenvalue weighted by atomic mass is 10.1. The molecule has 0 bridgehead atoms. The van der Waals surface area contributed by atoms with Gasteiger partial charge in [-0.05, 0) is 0 Å². The van der Waals surface area contributed by atoms with Crippen LogP contribution in [-0.2, 0) is 9.53 Å². The van der Waals surface area contributed by atoms with Crippen LogP contribution < -0.4 is 0 Å². The van der Waals surface area contributed by atoms with Crippen molar-refractivity contribution in [1.29, 1.82) is 0 Å². The first kappa shape index (κ1) is 8.65. The predicted octanol–water partition coefficient (Wildman–Crippen LogP) is 1.80. The maximum Gasteiger partial charge on any atom is 0.297 e. The van der Waals surface area contributed by atoms with Crippen LogP contribution in [0.5, 0.6) is 0 Å². The van der Waals surface area contributed by atoms with Gasteiger partial charge in [0.25, 0.3) is 5.97 Å². The summed E-state index contributed by atoms with van der Waals surface area (Å²) in [6.45, 7) is 0. The molecule has 1 aromatic rings. The predicted molar refractivity (Wildman–Crippen MR) is 46.5 cm³/mol. The van der Waals surface area contributed by atoms with Crippen LogP contribution in [0.25, 0.3) is 0 Å². The van der Waals surface area contributed by atoms with Gasteiger partial charge < -0.3 is 4.74 Å². The van der Waals surface area contributed by atoms with Crippen molar-refractivity contribution < 1.29 is 9.53 Å². The summed E-state index contributed by atoms with van der Waals surface area (Å²) in [5.74, 6) is -0.209. The van der Waals surface area contributed by atoms with Crippen molar-refractivity contribution in [1.82, 2.24) is 0 Å². The Morgan fingerprint density at radius 2 is 2.08 bits per heavy atom. The van der Waals surface area contributed by atoms with Crippen LogP contribution in [0.2, 0.25) is 0 Å². The summed E-state index contributed by atoms with van der Waals surface area (Å²) in [5.41, 5.74) is 1.04. The summed E-state index contributed by atoms with van der Waals surface area (Å²) < 4.78 is 4.50. The lowest BCUT2D eigenvalue weighted by Crippen LogP contribution is -2.00. The molecule has 0 saturated carbocycles. The van der Waals surface area contributed by atoms with Crippen molar-refractivity contribution in [3.8, 4) is 0 Å². The molecule has 0 fully saturated rings. The smallest absolute Gasteiger partial charge is 0.297 e. The zero-order chi connectivity index (χ0) is 8.81. The number of carbonyl (C=O) groups is 1. The largest absolute Gasteiger partial charge is 0.470 e. The fraction of sp³-hybridized carbons (Fsp3) is 0.200. The quantitative estimate of drug-likeness (QED) is 0.501. The monoisotopic (exact) mass is 163 g/mol. The Hall–Kier alpha value is -1.44. The van der Waals surface area contributed by atoms with Crippen molar-refractivity contribution in [3.63, 3.8) is 0 Å². The van der Waals surface area contributed by atoms with Crippen LogP contribution in [0.1, 0.15) is 12.0 Å². The van der Waals surface area contributed by atoms with Crippen molar-refractivity contribution in [2.45, 2.75) is 6.42 Å². The maximum atomic E-state index is 10.7. The van der Waals surface area contributed by atoms with Crippen LogP contribution >= 0.6 is 0 Å². The lowest BCUT2D eigenvalue weighted by Gasteiger charge is -2.07. The molecule has 2 nitrogen and oxygen atoms in total. The molecule has 12 heavy (non-hydrogen) atoms. The van der Waals surface area contributed by atoms with Gasteiger partial charge in [0.05, 0.1) is 7.11 Å². The summed E-state index contributed by atoms with van der Waals surface area (Å²) in [4.78, 5) is 10.7. The highest BCUT2D eigenvalue weighted by molar-refractivity contribution is 5.71. The SMILES string of the molecule is COC(=O)C[CH-]c1ccccc1. The minimum absolute atomic E-state index is 0.209. The highest BCUT2D eigenvalue weighted by Gasteiger charge is 1.93. The molecule has 0 N–H and O–H groups in total. The fourth-order valence-electron chi connectivity index (χ4n) is 0.874. The van der Waals surface area contributed by atoms with Crippen molar-refractivity contribution in [3.05, 3.63) is 42.3 Å². The highest BCUT2D eigenvalue weighted by atomic mass is 16.5. The van der Waals surface area contributed by atoms with Crippen molar-refractivity contribution in [2.24, 2.45) is 0 Å². The van der Waals surface area contributed by atoms with Crippen LogP contribution in [0.3, 0.4) is 0 Å². The van der Waals surface area contributed by atoms with Gasteiger partial charge in [0.1, 0.15) is 0 Å². The number of benzene rings is 1. The number of hydrogen-bond donors (Lipinski definition) is 0. The van der Waals surface area contributed by atoms with E-state index in [1.165, 1.54) is 7.11 Å². The van der Waals surface area contributed by atoms with Gasteiger partial charge in [0.15, 0.2) is 0 Å². The zero-order valence-corrected chi connectivity index (χ0v) is 6.99. The fourth-order valence-corrected chi connectivity index (χ4v) is 0.874. The van der Waals surface area contributed by atoms with E-state index in [0.717, 1.165) is 5.56 Å². The van der Waals surface area contributed by atoms with E-state index in [-0.39, 0.29) is 5.97 Å². The Balaban J connectivity index is 2.38. The second-order valence-electron chi connectivity index (χ2n) is 2.40. The Labute approximate surface area is 72.2 Å². The van der Waals surface area contributed by atoms with Gasteiger partial charge in [0.2, 0.25) is 0 Å². The van der Waals surface area contributed by atoms with Gasteiger partial charge in [-0.2, -0.15) is 24.1 Å². The molecular formula is C10H11O2-. The third-order valence-corrected chi connectivity index (χ3v) is 1.53. The molecule has 0 aliphatic heterocycles. The first-order valence-electron chi connectivity index (χ1n) is 3.78. The summed E-state index contributed by atoms with van der Waals surface area (Å²) >= 11 is 0. The Morgan fingerprint density at radius 1 is 1.42 bits per heavy atom. The van der Waals surface area contributed by atoms with E-state index in [1.54, 1.807) is 0 Å². The average molecular weight is 163 g/mol. The molecule has 1 aromatic carbocycles. The molecule has 0 unspecified atom stereocenters. The van der Waals surface area contributed by atoms with Gasteiger partial charge in [-0.15, -0.1) is 12.1 Å². The Kier molecular flexibility index (Phi) is 3.20. The van der Waals surface area contributed by atoms with Gasteiger partial charge >= 0.3 is 0 Å². The molecule has 0 spiro atoms. The van der Waals surface area contributed by atoms with E-state index in [2.05, 4.69) is 4.74 Å². The van der Waals surface area contributed by atoms with Crippen LogP contribution in [-0.4, -0.2) is 13.1 Å². The number of rotatable bonds is 3. The first-order valence-corrected chi connectivity index (χ1v) is 3.78. The molecule has 0 aromatic heterocycles. The Bertz CT molecular complexity index is 241. The highest BCUT2D eigenvalue weighted by Crippen LogP contribution is 2.04. The van der Waals surface area contributed by atoms with E-state index in [1.807, 2.05) is 36.8 Å². The lowest BCUT2D eigenvalue weighted by molar-refractivity contribution is -0.139. The summed E-state index contributed by atoms with van der Waals surface area (Å²) in [5, 5.41) is 0. The maximum absolute atomic E-state index is 10.7. The zero-order valence-electron chi connectivity index (χ0n) is 6.99. The molecule has 0 heterocycles. The van der Waals surface area contributed by atoms with Crippen LogP contribution in [0.4, 0.5) is 0 Å². The third kappa shape index (κ3) is 2.66. The average Bonchev–Trinajstić information content (AvgIpc) is 2.16. The molecule has 0 aliphatic rings. The van der Waals surface area contributed by atoms with E-state index in [4.69, 9.17) is 0 Å². The van der Waals surface area contributed by atoms with Crippen LogP contribution in [0.15, 0.2) is 30.3 Å². The topological polar surface area (TPSA) is 26.3 Å².